The molecular weight excluding hydrogens is 579 g/mol. The van der Waals surface area contributed by atoms with Gasteiger partial charge in [-0.2, -0.15) is 13.2 Å². The molecule has 2 saturated heterocycles. The summed E-state index contributed by atoms with van der Waals surface area (Å²) in [5.74, 6) is -0.0315. The first-order valence-corrected chi connectivity index (χ1v) is 15.6. The van der Waals surface area contributed by atoms with E-state index in [9.17, 15) is 22.8 Å². The van der Waals surface area contributed by atoms with Crippen LogP contribution in [0.5, 0.6) is 5.75 Å². The van der Waals surface area contributed by atoms with Gasteiger partial charge in [-0.15, -0.1) is 11.3 Å². The van der Waals surface area contributed by atoms with E-state index in [1.807, 2.05) is 23.2 Å². The molecule has 12 heteroatoms. The van der Waals surface area contributed by atoms with Crippen molar-refractivity contribution in [2.75, 3.05) is 32.7 Å². The molecule has 0 unspecified atom stereocenters. The molecule has 7 rings (SSSR count). The van der Waals surface area contributed by atoms with Gasteiger partial charge in [-0.05, 0) is 69.3 Å². The zero-order valence-electron chi connectivity index (χ0n) is 23.5. The summed E-state index contributed by atoms with van der Waals surface area (Å²) in [6.45, 7) is 2.97. The maximum Gasteiger partial charge on any atom is 0.416 e. The van der Waals surface area contributed by atoms with Crippen LogP contribution in [0.2, 0.25) is 0 Å². The van der Waals surface area contributed by atoms with Crippen LogP contribution < -0.4 is 10.1 Å². The van der Waals surface area contributed by atoms with Gasteiger partial charge in [0.05, 0.1) is 23.3 Å². The first-order valence-electron chi connectivity index (χ1n) is 14.7. The molecule has 0 bridgehead atoms. The molecule has 1 atom stereocenters. The molecule has 1 N–H and O–H groups in total. The van der Waals surface area contributed by atoms with E-state index in [1.165, 1.54) is 12.1 Å². The van der Waals surface area contributed by atoms with Gasteiger partial charge in [0.15, 0.2) is 5.60 Å². The SMILES string of the molecule is O=C(NCC(=O)N1CC[C@@]2(CCN(C3CCC4(CC3)Oc3cc(-c5cscn5)cnc34)C2)C1)c1cccc(C(F)(F)F)c1. The molecule has 0 radical (unpaired) electrons. The smallest absolute Gasteiger partial charge is 0.416 e. The first-order chi connectivity index (χ1) is 20.6. The minimum Gasteiger partial charge on any atom is -0.479 e. The van der Waals surface area contributed by atoms with Crippen molar-refractivity contribution in [1.29, 1.82) is 0 Å². The Kier molecular flexibility index (Phi) is 6.96. The van der Waals surface area contributed by atoms with Crippen molar-refractivity contribution in [1.82, 2.24) is 25.1 Å². The fourth-order valence-corrected chi connectivity index (χ4v) is 7.88. The fourth-order valence-electron chi connectivity index (χ4n) is 7.31. The first kappa shape index (κ1) is 28.3. The summed E-state index contributed by atoms with van der Waals surface area (Å²) in [7, 11) is 0. The third-order valence-electron chi connectivity index (χ3n) is 9.71. The Hall–Kier alpha value is -3.51. The Balaban J connectivity index is 0.895. The van der Waals surface area contributed by atoms with Crippen LogP contribution in [0.15, 0.2) is 47.4 Å². The van der Waals surface area contributed by atoms with Gasteiger partial charge >= 0.3 is 6.18 Å². The zero-order chi connectivity index (χ0) is 29.8. The summed E-state index contributed by atoms with van der Waals surface area (Å²) in [5, 5.41) is 4.51. The van der Waals surface area contributed by atoms with Crippen LogP contribution in [-0.4, -0.2) is 70.3 Å². The van der Waals surface area contributed by atoms with Crippen molar-refractivity contribution < 1.29 is 27.5 Å². The highest BCUT2D eigenvalue weighted by atomic mass is 32.1. The number of benzene rings is 1. The molecule has 2 aromatic heterocycles. The predicted molar refractivity (Wildman–Crippen MR) is 154 cm³/mol. The third kappa shape index (κ3) is 5.28. The summed E-state index contributed by atoms with van der Waals surface area (Å²) in [5.41, 5.74) is 3.53. The van der Waals surface area contributed by atoms with Crippen LogP contribution in [0.1, 0.15) is 60.1 Å². The Morgan fingerprint density at radius 2 is 1.88 bits per heavy atom. The van der Waals surface area contributed by atoms with E-state index in [1.54, 1.807) is 16.2 Å². The molecule has 4 aliphatic rings. The Bertz CT molecular complexity index is 1540. The lowest BCUT2D eigenvalue weighted by Gasteiger charge is -2.48. The number of ether oxygens (including phenoxy) is 1. The second kappa shape index (κ2) is 10.6. The number of hydrogen-bond acceptors (Lipinski definition) is 7. The number of fused-ring (bicyclic) bond motifs is 2. The third-order valence-corrected chi connectivity index (χ3v) is 10.3. The summed E-state index contributed by atoms with van der Waals surface area (Å²) in [4.78, 5) is 38.9. The summed E-state index contributed by atoms with van der Waals surface area (Å²) >= 11 is 1.56. The van der Waals surface area contributed by atoms with Crippen molar-refractivity contribution in [2.45, 2.75) is 56.3 Å². The normalized spacial score (nSPS) is 26.8. The van der Waals surface area contributed by atoms with Crippen LogP contribution in [-0.2, 0) is 16.6 Å². The van der Waals surface area contributed by atoms with Gasteiger partial charge in [-0.1, -0.05) is 6.07 Å². The van der Waals surface area contributed by atoms with Crippen LogP contribution in [0.4, 0.5) is 13.2 Å². The van der Waals surface area contributed by atoms with Gasteiger partial charge in [0, 0.05) is 53.8 Å². The monoisotopic (exact) mass is 611 g/mol. The lowest BCUT2D eigenvalue weighted by atomic mass is 9.76. The maximum atomic E-state index is 13.0. The summed E-state index contributed by atoms with van der Waals surface area (Å²) in [6, 6.07) is 6.74. The standard InChI is InChI=1S/C31H32F3N5O3S/c32-31(33,34)22-3-1-2-20(12-22)28(41)36-15-26(40)39-11-9-29(18-39)8-10-38(17-29)23-4-6-30(7-5-23)27-25(42-30)13-21(14-35-27)24-16-43-19-37-24/h1-3,12-14,16,19,23H,4-11,15,17-18H2,(H,36,41)/t23?,29-,30?/m1/s1. The molecule has 226 valence electrons. The number of thiazole rings is 1. The fraction of sp³-hybridized carbons (Fsp3) is 0.484. The number of amides is 2. The van der Waals surface area contributed by atoms with E-state index in [0.29, 0.717) is 19.1 Å². The van der Waals surface area contributed by atoms with Gasteiger partial charge in [0.25, 0.3) is 5.91 Å². The molecule has 3 aromatic rings. The summed E-state index contributed by atoms with van der Waals surface area (Å²) in [6.07, 6.45) is 3.25. The predicted octanol–water partition coefficient (Wildman–Crippen LogP) is 5.11. The molecule has 43 heavy (non-hydrogen) atoms. The quantitative estimate of drug-likeness (QED) is 0.432. The second-order valence-corrected chi connectivity index (χ2v) is 13.0. The number of rotatable bonds is 5. The molecule has 2 spiro atoms. The van der Waals surface area contributed by atoms with Crippen LogP contribution in [0.3, 0.4) is 0 Å². The topological polar surface area (TPSA) is 87.7 Å². The van der Waals surface area contributed by atoms with E-state index in [2.05, 4.69) is 15.2 Å². The van der Waals surface area contributed by atoms with Crippen molar-refractivity contribution in [3.05, 3.63) is 64.2 Å². The molecule has 8 nitrogen and oxygen atoms in total. The number of pyridine rings is 1. The number of nitrogens with zero attached hydrogens (tertiary/aromatic N) is 4. The van der Waals surface area contributed by atoms with Gasteiger partial charge < -0.3 is 15.0 Å². The largest absolute Gasteiger partial charge is 0.479 e. The van der Waals surface area contributed by atoms with E-state index in [0.717, 1.165) is 86.4 Å². The number of nitrogens with one attached hydrogen (secondary N) is 1. The molecule has 3 fully saturated rings. The van der Waals surface area contributed by atoms with Gasteiger partial charge in [-0.3, -0.25) is 19.5 Å². The number of hydrogen-bond donors (Lipinski definition) is 1. The van der Waals surface area contributed by atoms with E-state index in [4.69, 9.17) is 9.72 Å². The molecule has 1 aromatic carbocycles. The highest BCUT2D eigenvalue weighted by Crippen LogP contribution is 2.53. The van der Waals surface area contributed by atoms with Crippen molar-refractivity contribution in [3.63, 3.8) is 0 Å². The Morgan fingerprint density at radius 3 is 2.63 bits per heavy atom. The molecule has 1 aliphatic carbocycles. The molecular formula is C31H32F3N5O3S. The number of carbonyl (C=O) groups is 2. The minimum absolute atomic E-state index is 0.0447. The molecule has 5 heterocycles. The number of aromatic nitrogens is 2. The average molecular weight is 612 g/mol. The maximum absolute atomic E-state index is 13.0. The number of halogens is 3. The van der Waals surface area contributed by atoms with Crippen molar-refractivity contribution in [2.24, 2.45) is 5.41 Å². The lowest BCUT2D eigenvalue weighted by Crippen LogP contribution is -2.49. The van der Waals surface area contributed by atoms with Gasteiger partial charge in [0.1, 0.15) is 11.4 Å². The van der Waals surface area contributed by atoms with Crippen molar-refractivity contribution >= 4 is 23.2 Å². The van der Waals surface area contributed by atoms with Crippen molar-refractivity contribution in [3.8, 4) is 17.0 Å². The molecule has 3 aliphatic heterocycles. The second-order valence-electron chi connectivity index (χ2n) is 12.3. The number of likely N-dealkylation sites (tertiary alicyclic amines) is 2. The Labute approximate surface area is 251 Å². The number of carbonyl (C=O) groups excluding carboxylic acids is 2. The van der Waals surface area contributed by atoms with E-state index in [-0.39, 0.29) is 29.0 Å². The van der Waals surface area contributed by atoms with E-state index < -0.39 is 17.6 Å². The minimum atomic E-state index is -4.54. The van der Waals surface area contributed by atoms with Gasteiger partial charge in [0.2, 0.25) is 5.91 Å². The lowest BCUT2D eigenvalue weighted by molar-refractivity contribution is -0.137. The van der Waals surface area contributed by atoms with Crippen LogP contribution in [0.25, 0.3) is 11.3 Å². The zero-order valence-corrected chi connectivity index (χ0v) is 24.3. The number of alkyl halides is 3. The van der Waals surface area contributed by atoms with Crippen LogP contribution >= 0.6 is 11.3 Å². The Morgan fingerprint density at radius 1 is 1.07 bits per heavy atom. The highest BCUT2D eigenvalue weighted by molar-refractivity contribution is 7.07. The van der Waals surface area contributed by atoms with Gasteiger partial charge in [-0.25, -0.2) is 4.98 Å². The highest BCUT2D eigenvalue weighted by Gasteiger charge is 2.52. The average Bonchev–Trinajstić information content (AvgIpc) is 3.77. The molecule has 2 amide bonds. The van der Waals surface area contributed by atoms with Crippen LogP contribution in [0, 0.1) is 5.41 Å². The molecule has 1 saturated carbocycles. The van der Waals surface area contributed by atoms with E-state index >= 15 is 0 Å². The summed E-state index contributed by atoms with van der Waals surface area (Å²) < 4.78 is 45.3.